The topological polar surface area (TPSA) is 9.23 Å². The molecule has 0 atom stereocenters. The molecule has 1 nitrogen and oxygen atoms in total. The number of methoxy groups -OCH3 is 1. The molecule has 1 aromatic carbocycles. The number of ether oxygens (including phenoxy) is 1. The Bertz CT molecular complexity index is 193. The Morgan fingerprint density at radius 2 is 1.75 bits per heavy atom. The van der Waals surface area contributed by atoms with Crippen molar-refractivity contribution in [1.29, 1.82) is 0 Å². The molecule has 0 saturated heterocycles. The molecule has 0 unspecified atom stereocenters. The quantitative estimate of drug-likeness (QED) is 0.703. The molecule has 2 heteroatoms. The highest BCUT2D eigenvalue weighted by Gasteiger charge is 1.92. The molecule has 0 aliphatic rings. The van der Waals surface area contributed by atoms with E-state index in [9.17, 15) is 0 Å². The minimum absolute atomic E-state index is 0.696. The first kappa shape index (κ1) is 9.62. The molecule has 0 radical (unpaired) electrons. The van der Waals surface area contributed by atoms with E-state index in [2.05, 4.69) is 36.9 Å². The molecule has 0 aromatic heterocycles. The van der Waals surface area contributed by atoms with Gasteiger partial charge in [0.05, 0.1) is 6.61 Å². The second kappa shape index (κ2) is 5.22. The van der Waals surface area contributed by atoms with Gasteiger partial charge in [0.15, 0.2) is 0 Å². The molecule has 0 fully saturated rings. The van der Waals surface area contributed by atoms with Gasteiger partial charge in [0.2, 0.25) is 0 Å². The van der Waals surface area contributed by atoms with Crippen LogP contribution >= 0.6 is 12.6 Å². The van der Waals surface area contributed by atoms with Gasteiger partial charge >= 0.3 is 0 Å². The highest BCUT2D eigenvalue weighted by atomic mass is 32.1. The Balaban J connectivity index is 2.58. The van der Waals surface area contributed by atoms with Crippen LogP contribution < -0.4 is 0 Å². The second-order valence-electron chi connectivity index (χ2n) is 2.72. The SMILES string of the molecule is COCc1ccc(CCS)cc1. The van der Waals surface area contributed by atoms with Crippen molar-refractivity contribution in [3.8, 4) is 0 Å². The van der Waals surface area contributed by atoms with E-state index >= 15 is 0 Å². The summed E-state index contributed by atoms with van der Waals surface area (Å²) in [6, 6.07) is 8.46. The van der Waals surface area contributed by atoms with Gasteiger partial charge in [-0.1, -0.05) is 24.3 Å². The van der Waals surface area contributed by atoms with Crippen LogP contribution in [0.4, 0.5) is 0 Å². The van der Waals surface area contributed by atoms with Crippen LogP contribution in [-0.4, -0.2) is 12.9 Å². The summed E-state index contributed by atoms with van der Waals surface area (Å²) in [5.41, 5.74) is 2.56. The largest absolute Gasteiger partial charge is 0.380 e. The molecule has 0 spiro atoms. The molecule has 12 heavy (non-hydrogen) atoms. The van der Waals surface area contributed by atoms with Gasteiger partial charge < -0.3 is 4.74 Å². The lowest BCUT2D eigenvalue weighted by molar-refractivity contribution is 0.185. The number of hydrogen-bond donors (Lipinski definition) is 1. The zero-order chi connectivity index (χ0) is 8.81. The fourth-order valence-electron chi connectivity index (χ4n) is 1.10. The van der Waals surface area contributed by atoms with Gasteiger partial charge in [-0.2, -0.15) is 12.6 Å². The van der Waals surface area contributed by atoms with Gasteiger partial charge in [-0.25, -0.2) is 0 Å². The third-order valence-electron chi connectivity index (χ3n) is 1.73. The van der Waals surface area contributed by atoms with E-state index < -0.39 is 0 Å². The molecule has 0 amide bonds. The highest BCUT2D eigenvalue weighted by molar-refractivity contribution is 7.80. The van der Waals surface area contributed by atoms with Crippen molar-refractivity contribution in [1.82, 2.24) is 0 Å². The zero-order valence-corrected chi connectivity index (χ0v) is 8.18. The number of aryl methyl sites for hydroxylation is 1. The molecule has 1 rings (SSSR count). The van der Waals surface area contributed by atoms with Crippen molar-refractivity contribution in [2.24, 2.45) is 0 Å². The van der Waals surface area contributed by atoms with E-state index in [1.54, 1.807) is 7.11 Å². The number of benzene rings is 1. The molecule has 66 valence electrons. The highest BCUT2D eigenvalue weighted by Crippen LogP contribution is 2.06. The summed E-state index contributed by atoms with van der Waals surface area (Å²) < 4.78 is 5.01. The van der Waals surface area contributed by atoms with E-state index in [1.807, 2.05) is 0 Å². The van der Waals surface area contributed by atoms with Crippen LogP contribution in [-0.2, 0) is 17.8 Å². The molecule has 0 bridgehead atoms. The first-order chi connectivity index (χ1) is 5.86. The van der Waals surface area contributed by atoms with Crippen LogP contribution in [0.2, 0.25) is 0 Å². The van der Waals surface area contributed by atoms with E-state index in [0.29, 0.717) is 6.61 Å². The summed E-state index contributed by atoms with van der Waals surface area (Å²) in [6.07, 6.45) is 1.04. The Morgan fingerprint density at radius 3 is 2.25 bits per heavy atom. The summed E-state index contributed by atoms with van der Waals surface area (Å²) in [5, 5.41) is 0. The maximum absolute atomic E-state index is 5.01. The molecular formula is C10H14OS. The lowest BCUT2D eigenvalue weighted by Gasteiger charge is -2.01. The Kier molecular flexibility index (Phi) is 4.19. The Morgan fingerprint density at radius 1 is 1.17 bits per heavy atom. The van der Waals surface area contributed by atoms with Crippen LogP contribution in [0.25, 0.3) is 0 Å². The van der Waals surface area contributed by atoms with Gasteiger partial charge in [0.1, 0.15) is 0 Å². The summed E-state index contributed by atoms with van der Waals surface area (Å²) in [7, 11) is 1.71. The normalized spacial score (nSPS) is 10.2. The van der Waals surface area contributed by atoms with Crippen LogP contribution in [0, 0.1) is 0 Å². The summed E-state index contributed by atoms with van der Waals surface area (Å²) in [6.45, 7) is 0.696. The van der Waals surface area contributed by atoms with Crippen molar-refractivity contribution >= 4 is 12.6 Å². The summed E-state index contributed by atoms with van der Waals surface area (Å²) >= 11 is 4.17. The van der Waals surface area contributed by atoms with Gasteiger partial charge in [-0.3, -0.25) is 0 Å². The average Bonchev–Trinajstić information content (AvgIpc) is 2.09. The zero-order valence-electron chi connectivity index (χ0n) is 7.29. The van der Waals surface area contributed by atoms with E-state index in [0.717, 1.165) is 12.2 Å². The number of rotatable bonds is 4. The van der Waals surface area contributed by atoms with Gasteiger partial charge in [-0.15, -0.1) is 0 Å². The lowest BCUT2D eigenvalue weighted by atomic mass is 10.1. The van der Waals surface area contributed by atoms with Crippen molar-refractivity contribution in [2.75, 3.05) is 12.9 Å². The van der Waals surface area contributed by atoms with Crippen molar-refractivity contribution in [2.45, 2.75) is 13.0 Å². The molecule has 0 aliphatic carbocycles. The van der Waals surface area contributed by atoms with Crippen LogP contribution in [0.1, 0.15) is 11.1 Å². The maximum atomic E-state index is 5.01. The van der Waals surface area contributed by atoms with Gasteiger partial charge in [0, 0.05) is 7.11 Å². The molecule has 1 aromatic rings. The van der Waals surface area contributed by atoms with Crippen molar-refractivity contribution in [3.05, 3.63) is 35.4 Å². The first-order valence-electron chi connectivity index (χ1n) is 4.04. The fourth-order valence-corrected chi connectivity index (χ4v) is 1.36. The maximum Gasteiger partial charge on any atom is 0.0713 e. The van der Waals surface area contributed by atoms with E-state index in [1.165, 1.54) is 11.1 Å². The predicted molar refractivity (Wildman–Crippen MR) is 54.7 cm³/mol. The smallest absolute Gasteiger partial charge is 0.0713 e. The Hall–Kier alpha value is -0.470. The summed E-state index contributed by atoms with van der Waals surface area (Å²) in [5.74, 6) is 0.906. The number of hydrogen-bond acceptors (Lipinski definition) is 2. The minimum Gasteiger partial charge on any atom is -0.380 e. The van der Waals surface area contributed by atoms with Crippen LogP contribution in [0.5, 0.6) is 0 Å². The lowest BCUT2D eigenvalue weighted by Crippen LogP contribution is -1.89. The Labute approximate surface area is 79.2 Å². The second-order valence-corrected chi connectivity index (χ2v) is 3.17. The third kappa shape index (κ3) is 2.88. The molecule has 0 N–H and O–H groups in total. The predicted octanol–water partition coefficient (Wildman–Crippen LogP) is 2.31. The third-order valence-corrected chi connectivity index (χ3v) is 1.96. The minimum atomic E-state index is 0.696. The van der Waals surface area contributed by atoms with Gasteiger partial charge in [-0.05, 0) is 23.3 Å². The van der Waals surface area contributed by atoms with Crippen molar-refractivity contribution in [3.63, 3.8) is 0 Å². The molecular weight excluding hydrogens is 168 g/mol. The average molecular weight is 182 g/mol. The molecule has 0 saturated carbocycles. The van der Waals surface area contributed by atoms with Gasteiger partial charge in [0.25, 0.3) is 0 Å². The van der Waals surface area contributed by atoms with Crippen molar-refractivity contribution < 1.29 is 4.74 Å². The van der Waals surface area contributed by atoms with E-state index in [-0.39, 0.29) is 0 Å². The van der Waals surface area contributed by atoms with Crippen LogP contribution in [0.3, 0.4) is 0 Å². The first-order valence-corrected chi connectivity index (χ1v) is 4.67. The van der Waals surface area contributed by atoms with Crippen LogP contribution in [0.15, 0.2) is 24.3 Å². The van der Waals surface area contributed by atoms with E-state index in [4.69, 9.17) is 4.74 Å². The fraction of sp³-hybridized carbons (Fsp3) is 0.400. The summed E-state index contributed by atoms with van der Waals surface area (Å²) in [4.78, 5) is 0. The molecule has 0 aliphatic heterocycles. The monoisotopic (exact) mass is 182 g/mol. The standard InChI is InChI=1S/C10H14OS/c1-11-8-10-4-2-9(3-5-10)6-7-12/h2-5,12H,6-8H2,1H3. The molecule has 0 heterocycles. The number of thiol groups is 1.